The van der Waals surface area contributed by atoms with Crippen molar-refractivity contribution >= 4 is 41.2 Å². The van der Waals surface area contributed by atoms with Gasteiger partial charge in [0.1, 0.15) is 0 Å². The second-order valence-corrected chi connectivity index (χ2v) is 7.79. The Balaban J connectivity index is 0.00000150. The summed E-state index contributed by atoms with van der Waals surface area (Å²) >= 11 is 1.76. The summed E-state index contributed by atoms with van der Waals surface area (Å²) in [6, 6.07) is 21.9. The molecular formula is C25H25Cl2OTi. The normalized spacial score (nSPS) is 13.4. The summed E-state index contributed by atoms with van der Waals surface area (Å²) < 4.78 is 5.50. The third kappa shape index (κ3) is 4.40. The first-order valence-electron chi connectivity index (χ1n) is 9.37. The van der Waals surface area contributed by atoms with Crippen LogP contribution in [-0.4, -0.2) is 0 Å². The van der Waals surface area contributed by atoms with Gasteiger partial charge in [0.15, 0.2) is 0 Å². The van der Waals surface area contributed by atoms with E-state index in [0.717, 1.165) is 6.42 Å². The standard InChI is InChI=1S/C25H23O.2ClH.Ti/c1-16-14-24(18(3)17(16)2)23-13-12-19-8-4-6-10-21(19)25(23)22-11-7-5-9-20(22)15-26;;;/h4-13H,14-15H2,1-3H3;2*1H;/q-1;;;+1. The van der Waals surface area contributed by atoms with E-state index in [1.807, 2.05) is 0 Å². The number of allylic oxidation sites excluding steroid dienone is 4. The van der Waals surface area contributed by atoms with Gasteiger partial charge in [-0.2, -0.15) is 0 Å². The number of rotatable bonds is 4. The Hall–Kier alpha value is -1.35. The molecule has 1 nitrogen and oxygen atoms in total. The molecule has 0 atom stereocenters. The molecule has 0 fully saturated rings. The molecule has 0 amide bonds. The number of benzene rings is 3. The van der Waals surface area contributed by atoms with E-state index in [4.69, 9.17) is 3.32 Å². The van der Waals surface area contributed by atoms with E-state index in [2.05, 4.69) is 81.4 Å². The van der Waals surface area contributed by atoms with E-state index in [9.17, 15) is 0 Å². The molecule has 0 aromatic heterocycles. The third-order valence-corrected chi connectivity index (χ3v) is 6.09. The molecule has 0 aliphatic heterocycles. The Morgan fingerprint density at radius 1 is 0.793 bits per heavy atom. The first-order chi connectivity index (χ1) is 13.1. The van der Waals surface area contributed by atoms with Crippen LogP contribution in [0.3, 0.4) is 0 Å². The molecule has 0 unspecified atom stereocenters. The zero-order valence-electron chi connectivity index (χ0n) is 16.9. The number of fused-ring (bicyclic) bond motifs is 1. The van der Waals surface area contributed by atoms with Crippen LogP contribution in [0.4, 0.5) is 0 Å². The third-order valence-electron chi connectivity index (χ3n) is 5.87. The maximum atomic E-state index is 5.50. The summed E-state index contributed by atoms with van der Waals surface area (Å²) in [6.45, 7) is 7.39. The van der Waals surface area contributed by atoms with Crippen LogP contribution in [0.5, 0.6) is 0 Å². The summed E-state index contributed by atoms with van der Waals surface area (Å²) in [5.41, 5.74) is 11.0. The summed E-state index contributed by atoms with van der Waals surface area (Å²) in [6.07, 6.45) is 1.04. The molecule has 4 heteroatoms. The zero-order chi connectivity index (χ0) is 19.0. The Bertz CT molecular complexity index is 1100. The van der Waals surface area contributed by atoms with Gasteiger partial charge in [0.2, 0.25) is 0 Å². The minimum atomic E-state index is 0. The summed E-state index contributed by atoms with van der Waals surface area (Å²) in [5, 5.41) is 2.59. The first-order valence-corrected chi connectivity index (χ1v) is 10.0. The molecule has 0 N–H and O–H groups in total. The second kappa shape index (κ2) is 10.1. The average Bonchev–Trinajstić information content (AvgIpc) is 2.95. The molecule has 0 heterocycles. The molecular weight excluding hydrogens is 435 g/mol. The van der Waals surface area contributed by atoms with Crippen LogP contribution >= 0.6 is 24.8 Å². The summed E-state index contributed by atoms with van der Waals surface area (Å²) in [7, 11) is 0. The van der Waals surface area contributed by atoms with Crippen molar-refractivity contribution in [1.29, 1.82) is 0 Å². The van der Waals surface area contributed by atoms with Crippen molar-refractivity contribution in [3.05, 3.63) is 88.5 Å². The maximum Gasteiger partial charge on any atom is -0.147 e. The fraction of sp³-hybridized carbons (Fsp3) is 0.200. The quantitative estimate of drug-likeness (QED) is 0.361. The van der Waals surface area contributed by atoms with Crippen LogP contribution in [-0.2, 0) is 30.7 Å². The molecule has 0 bridgehead atoms. The predicted octanol–water partition coefficient (Wildman–Crippen LogP) is 7.84. The number of hydrogen-bond donors (Lipinski definition) is 0. The van der Waals surface area contributed by atoms with E-state index in [1.54, 1.807) is 20.8 Å². The Morgan fingerprint density at radius 2 is 1.48 bits per heavy atom. The topological polar surface area (TPSA) is 9.23 Å². The van der Waals surface area contributed by atoms with Gasteiger partial charge in [0.25, 0.3) is 0 Å². The van der Waals surface area contributed by atoms with Crippen LogP contribution in [0.2, 0.25) is 0 Å². The van der Waals surface area contributed by atoms with Gasteiger partial charge in [0.05, 0.1) is 0 Å². The van der Waals surface area contributed by atoms with E-state index in [0.29, 0.717) is 6.61 Å². The van der Waals surface area contributed by atoms with Gasteiger partial charge in [-0.25, -0.2) is 0 Å². The molecule has 29 heavy (non-hydrogen) atoms. The Labute approximate surface area is 197 Å². The van der Waals surface area contributed by atoms with Crippen molar-refractivity contribution in [2.45, 2.75) is 33.8 Å². The van der Waals surface area contributed by atoms with Gasteiger partial charge in [-0.3, -0.25) is 0 Å². The molecule has 0 radical (unpaired) electrons. The fourth-order valence-electron chi connectivity index (χ4n) is 4.15. The summed E-state index contributed by atoms with van der Waals surface area (Å²) in [4.78, 5) is 0. The molecule has 4 rings (SSSR count). The van der Waals surface area contributed by atoms with Crippen LogP contribution in [0.1, 0.15) is 38.3 Å². The second-order valence-electron chi connectivity index (χ2n) is 7.34. The fourth-order valence-corrected chi connectivity index (χ4v) is 4.40. The average molecular weight is 460 g/mol. The van der Waals surface area contributed by atoms with Crippen molar-refractivity contribution in [3.8, 4) is 11.1 Å². The van der Waals surface area contributed by atoms with Crippen molar-refractivity contribution < 1.29 is 24.1 Å². The van der Waals surface area contributed by atoms with Gasteiger partial charge < -0.3 is 0 Å². The smallest absolute Gasteiger partial charge is 0.147 e. The molecule has 1 aliphatic rings. The monoisotopic (exact) mass is 459 g/mol. The van der Waals surface area contributed by atoms with Crippen molar-refractivity contribution in [2.75, 3.05) is 0 Å². The molecule has 3 aromatic rings. The van der Waals surface area contributed by atoms with Crippen LogP contribution in [0.25, 0.3) is 27.5 Å². The van der Waals surface area contributed by atoms with E-state index in [1.165, 1.54) is 55.3 Å². The number of hydrogen-bond acceptors (Lipinski definition) is 1. The molecule has 0 saturated heterocycles. The predicted molar refractivity (Wildman–Crippen MR) is 124 cm³/mol. The van der Waals surface area contributed by atoms with Crippen LogP contribution in [0.15, 0.2) is 77.4 Å². The van der Waals surface area contributed by atoms with E-state index < -0.39 is 0 Å². The summed E-state index contributed by atoms with van der Waals surface area (Å²) in [5.74, 6) is 0. The minimum Gasteiger partial charge on any atom is -0.147 e. The van der Waals surface area contributed by atoms with E-state index >= 15 is 0 Å². The number of halogens is 2. The van der Waals surface area contributed by atoms with Gasteiger partial charge in [-0.15, -0.1) is 24.8 Å². The largest absolute Gasteiger partial charge is 0.147 e. The van der Waals surface area contributed by atoms with Crippen LogP contribution in [0, 0.1) is 0 Å². The molecule has 0 saturated carbocycles. The van der Waals surface area contributed by atoms with Crippen molar-refractivity contribution in [3.63, 3.8) is 0 Å². The molecule has 1 aliphatic carbocycles. The molecule has 3 aromatic carbocycles. The molecule has 149 valence electrons. The minimum absolute atomic E-state index is 0. The van der Waals surface area contributed by atoms with Gasteiger partial charge >= 0.3 is 174 Å². The Kier molecular flexibility index (Phi) is 8.34. The van der Waals surface area contributed by atoms with Gasteiger partial charge in [0, 0.05) is 0 Å². The SMILES string of the molecule is CC1=C(C)C(C)=C(c2ccc3ccccc3c2-c2ccccc2C[O][Ti])C1.Cl.Cl. The first kappa shape index (κ1) is 23.9. The molecule has 0 spiro atoms. The van der Waals surface area contributed by atoms with Gasteiger partial charge in [-0.1, -0.05) is 0 Å². The van der Waals surface area contributed by atoms with Crippen molar-refractivity contribution in [1.82, 2.24) is 0 Å². The Morgan fingerprint density at radius 3 is 2.17 bits per heavy atom. The van der Waals surface area contributed by atoms with Crippen molar-refractivity contribution in [2.24, 2.45) is 0 Å². The van der Waals surface area contributed by atoms with E-state index in [-0.39, 0.29) is 24.8 Å². The maximum absolute atomic E-state index is 5.50. The van der Waals surface area contributed by atoms with Gasteiger partial charge in [-0.05, 0) is 0 Å². The van der Waals surface area contributed by atoms with Crippen LogP contribution < -0.4 is 0 Å². The zero-order valence-corrected chi connectivity index (χ0v) is 20.1.